The van der Waals surface area contributed by atoms with Gasteiger partial charge in [-0.15, -0.1) is 0 Å². The molecule has 0 atom stereocenters. The number of nitrogens with zero attached hydrogens (tertiary/aromatic N) is 1. The van der Waals surface area contributed by atoms with E-state index in [1.54, 1.807) is 0 Å². The summed E-state index contributed by atoms with van der Waals surface area (Å²) in [5.74, 6) is 0. The van der Waals surface area contributed by atoms with Gasteiger partial charge in [-0.2, -0.15) is 4.31 Å². The fourth-order valence-electron chi connectivity index (χ4n) is 1.71. The van der Waals surface area contributed by atoms with Crippen molar-refractivity contribution in [2.45, 2.75) is 30.2 Å². The average Bonchev–Trinajstić information content (AvgIpc) is 2.15. The van der Waals surface area contributed by atoms with Crippen LogP contribution < -0.4 is 5.56 Å². The Morgan fingerprint density at radius 1 is 1.44 bits per heavy atom. The van der Waals surface area contributed by atoms with Crippen LogP contribution in [0.4, 0.5) is 0 Å². The smallest absolute Gasteiger partial charge is 0.268 e. The molecule has 1 aliphatic rings. The minimum absolute atomic E-state index is 0.0459. The van der Waals surface area contributed by atoms with Crippen molar-refractivity contribution in [2.24, 2.45) is 0 Å². The first kappa shape index (κ1) is 11.3. The molecule has 6 heteroatoms. The van der Waals surface area contributed by atoms with E-state index in [0.29, 0.717) is 0 Å². The monoisotopic (exact) mass is 242 g/mol. The fourth-order valence-corrected chi connectivity index (χ4v) is 3.17. The molecule has 1 aromatic heterocycles. The highest BCUT2D eigenvalue weighted by atomic mass is 32.2. The van der Waals surface area contributed by atoms with Crippen LogP contribution in [0.3, 0.4) is 0 Å². The predicted molar refractivity (Wildman–Crippen MR) is 59.7 cm³/mol. The molecule has 0 unspecified atom stereocenters. The maximum atomic E-state index is 12.1. The second-order valence-electron chi connectivity index (χ2n) is 3.97. The number of aromatic amines is 1. The van der Waals surface area contributed by atoms with E-state index >= 15 is 0 Å². The van der Waals surface area contributed by atoms with Crippen LogP contribution in [0.5, 0.6) is 0 Å². The molecule has 88 valence electrons. The summed E-state index contributed by atoms with van der Waals surface area (Å²) in [5, 5.41) is 0. The molecule has 0 saturated heterocycles. The lowest BCUT2D eigenvalue weighted by molar-refractivity contribution is 0.249. The van der Waals surface area contributed by atoms with Gasteiger partial charge in [-0.25, -0.2) is 8.42 Å². The molecule has 2 rings (SSSR count). The van der Waals surface area contributed by atoms with Crippen molar-refractivity contribution >= 4 is 10.0 Å². The van der Waals surface area contributed by atoms with Crippen LogP contribution in [-0.4, -0.2) is 30.8 Å². The summed E-state index contributed by atoms with van der Waals surface area (Å²) in [6, 6.07) is 2.90. The molecule has 1 aliphatic carbocycles. The van der Waals surface area contributed by atoms with E-state index in [0.717, 1.165) is 19.3 Å². The Hall–Kier alpha value is -1.14. The topological polar surface area (TPSA) is 70.2 Å². The van der Waals surface area contributed by atoms with Gasteiger partial charge in [-0.05, 0) is 25.0 Å². The first-order valence-corrected chi connectivity index (χ1v) is 6.63. The van der Waals surface area contributed by atoms with Gasteiger partial charge in [0.25, 0.3) is 5.56 Å². The second kappa shape index (κ2) is 4.03. The first-order chi connectivity index (χ1) is 7.53. The molecule has 1 fully saturated rings. The Kier molecular flexibility index (Phi) is 2.86. The van der Waals surface area contributed by atoms with Gasteiger partial charge in [-0.1, -0.05) is 6.42 Å². The Bertz CT molecular complexity index is 531. The summed E-state index contributed by atoms with van der Waals surface area (Å²) in [6.07, 6.45) is 4.22. The van der Waals surface area contributed by atoms with Gasteiger partial charge in [0.1, 0.15) is 4.90 Å². The van der Waals surface area contributed by atoms with Crippen LogP contribution in [0.1, 0.15) is 19.3 Å². The van der Waals surface area contributed by atoms with Crippen molar-refractivity contribution in [1.82, 2.24) is 9.29 Å². The van der Waals surface area contributed by atoms with Crippen LogP contribution in [0.25, 0.3) is 0 Å². The maximum Gasteiger partial charge on any atom is 0.268 e. The largest absolute Gasteiger partial charge is 0.328 e. The van der Waals surface area contributed by atoms with E-state index in [1.807, 2.05) is 0 Å². The number of nitrogens with one attached hydrogen (secondary N) is 1. The van der Waals surface area contributed by atoms with Crippen LogP contribution in [0.2, 0.25) is 0 Å². The van der Waals surface area contributed by atoms with E-state index in [4.69, 9.17) is 0 Å². The predicted octanol–water partition coefficient (Wildman–Crippen LogP) is 0.548. The van der Waals surface area contributed by atoms with Gasteiger partial charge < -0.3 is 4.98 Å². The van der Waals surface area contributed by atoms with E-state index in [9.17, 15) is 13.2 Å². The zero-order chi connectivity index (χ0) is 11.8. The molecule has 1 aromatic rings. The van der Waals surface area contributed by atoms with Crippen molar-refractivity contribution in [3.63, 3.8) is 0 Å². The van der Waals surface area contributed by atoms with Gasteiger partial charge in [0.15, 0.2) is 0 Å². The Morgan fingerprint density at radius 2 is 2.12 bits per heavy atom. The summed E-state index contributed by atoms with van der Waals surface area (Å²) in [4.78, 5) is 13.6. The van der Waals surface area contributed by atoms with Gasteiger partial charge >= 0.3 is 0 Å². The molecule has 0 aromatic carbocycles. The van der Waals surface area contributed by atoms with E-state index in [1.165, 1.54) is 29.7 Å². The summed E-state index contributed by atoms with van der Waals surface area (Å²) < 4.78 is 25.5. The fraction of sp³-hybridized carbons (Fsp3) is 0.500. The first-order valence-electron chi connectivity index (χ1n) is 5.19. The van der Waals surface area contributed by atoms with Crippen molar-refractivity contribution in [2.75, 3.05) is 7.05 Å². The van der Waals surface area contributed by atoms with Crippen LogP contribution in [-0.2, 0) is 10.0 Å². The third kappa shape index (κ3) is 1.78. The number of rotatable bonds is 3. The number of H-pyrrole nitrogens is 1. The Balaban J connectivity index is 2.39. The molecule has 1 saturated carbocycles. The second-order valence-corrected chi connectivity index (χ2v) is 5.94. The van der Waals surface area contributed by atoms with Crippen molar-refractivity contribution < 1.29 is 8.42 Å². The van der Waals surface area contributed by atoms with Crippen molar-refractivity contribution in [3.8, 4) is 0 Å². The summed E-state index contributed by atoms with van der Waals surface area (Å²) in [7, 11) is -2.11. The van der Waals surface area contributed by atoms with E-state index in [2.05, 4.69) is 4.98 Å². The molecule has 0 aliphatic heterocycles. The zero-order valence-corrected chi connectivity index (χ0v) is 9.83. The summed E-state index contributed by atoms with van der Waals surface area (Å²) >= 11 is 0. The summed E-state index contributed by atoms with van der Waals surface area (Å²) in [6.45, 7) is 0. The van der Waals surface area contributed by atoms with E-state index in [-0.39, 0.29) is 10.9 Å². The maximum absolute atomic E-state index is 12.1. The molecule has 16 heavy (non-hydrogen) atoms. The molecular formula is C10H14N2O3S. The molecule has 0 radical (unpaired) electrons. The molecule has 0 bridgehead atoms. The van der Waals surface area contributed by atoms with Crippen LogP contribution in [0, 0.1) is 0 Å². The highest BCUT2D eigenvalue weighted by Crippen LogP contribution is 2.27. The Labute approximate surface area is 94.2 Å². The number of hydrogen-bond donors (Lipinski definition) is 1. The number of aromatic nitrogens is 1. The third-order valence-corrected chi connectivity index (χ3v) is 4.96. The SMILES string of the molecule is CN(C1CCC1)S(=O)(=O)c1ccc[nH]c1=O. The molecule has 0 spiro atoms. The lowest BCUT2D eigenvalue weighted by Gasteiger charge is -2.33. The van der Waals surface area contributed by atoms with Crippen LogP contribution in [0.15, 0.2) is 28.0 Å². The van der Waals surface area contributed by atoms with E-state index < -0.39 is 15.6 Å². The lowest BCUT2D eigenvalue weighted by Crippen LogP contribution is -2.42. The van der Waals surface area contributed by atoms with Gasteiger partial charge in [0.05, 0.1) is 0 Å². The zero-order valence-electron chi connectivity index (χ0n) is 9.01. The molecule has 1 N–H and O–H groups in total. The molecular weight excluding hydrogens is 228 g/mol. The van der Waals surface area contributed by atoms with Gasteiger partial charge in [0, 0.05) is 19.3 Å². The normalized spacial score (nSPS) is 17.4. The van der Waals surface area contributed by atoms with Crippen LogP contribution >= 0.6 is 0 Å². The minimum atomic E-state index is -3.64. The van der Waals surface area contributed by atoms with Gasteiger partial charge in [0.2, 0.25) is 10.0 Å². The Morgan fingerprint density at radius 3 is 2.62 bits per heavy atom. The van der Waals surface area contributed by atoms with Crippen molar-refractivity contribution in [1.29, 1.82) is 0 Å². The average molecular weight is 242 g/mol. The molecule has 0 amide bonds. The quantitative estimate of drug-likeness (QED) is 0.841. The number of sulfonamides is 1. The lowest BCUT2D eigenvalue weighted by atomic mass is 9.94. The molecule has 1 heterocycles. The highest BCUT2D eigenvalue weighted by molar-refractivity contribution is 7.89. The number of pyridine rings is 1. The highest BCUT2D eigenvalue weighted by Gasteiger charge is 2.32. The minimum Gasteiger partial charge on any atom is -0.328 e. The molecule has 5 nitrogen and oxygen atoms in total. The van der Waals surface area contributed by atoms with Gasteiger partial charge in [-0.3, -0.25) is 4.79 Å². The third-order valence-electron chi connectivity index (χ3n) is 3.03. The summed E-state index contributed by atoms with van der Waals surface area (Å²) in [5.41, 5.74) is -0.561. The standard InChI is InChI=1S/C10H14N2O3S/c1-12(8-4-2-5-8)16(14,15)9-6-3-7-11-10(9)13/h3,6-8H,2,4-5H2,1H3,(H,11,13). The number of hydrogen-bond acceptors (Lipinski definition) is 3. The van der Waals surface area contributed by atoms with Crippen molar-refractivity contribution in [3.05, 3.63) is 28.7 Å².